The number of pyridine rings is 1. The topological polar surface area (TPSA) is 105 Å². The number of nitrogens with zero attached hydrogens (tertiary/aromatic N) is 1. The Bertz CT molecular complexity index is 534. The summed E-state index contributed by atoms with van der Waals surface area (Å²) in [5, 5.41) is 10.4. The van der Waals surface area contributed by atoms with E-state index in [4.69, 9.17) is 5.73 Å². The molecule has 4 N–H and O–H groups in total. The summed E-state index contributed by atoms with van der Waals surface area (Å²) in [6, 6.07) is 2.84. The number of anilines is 1. The van der Waals surface area contributed by atoms with Crippen molar-refractivity contribution in [2.75, 3.05) is 12.3 Å². The van der Waals surface area contributed by atoms with E-state index in [2.05, 4.69) is 9.71 Å². The summed E-state index contributed by atoms with van der Waals surface area (Å²) in [6.07, 6.45) is 6.54. The van der Waals surface area contributed by atoms with Gasteiger partial charge in [-0.1, -0.05) is 25.7 Å². The fraction of sp³-hybridized carbons (Fsp3) is 0.615. The summed E-state index contributed by atoms with van der Waals surface area (Å²) in [5.74, 6) is 0.270. The van der Waals surface area contributed by atoms with Gasteiger partial charge < -0.3 is 10.8 Å². The van der Waals surface area contributed by atoms with Gasteiger partial charge in [-0.15, -0.1) is 0 Å². The van der Waals surface area contributed by atoms with Gasteiger partial charge in [-0.2, -0.15) is 0 Å². The smallest absolute Gasteiger partial charge is 0.242 e. The van der Waals surface area contributed by atoms with Crippen molar-refractivity contribution in [3.63, 3.8) is 0 Å². The van der Waals surface area contributed by atoms with Crippen molar-refractivity contribution in [3.8, 4) is 0 Å². The lowest BCUT2D eigenvalue weighted by Gasteiger charge is -2.26. The number of hydrogen-bond acceptors (Lipinski definition) is 5. The summed E-state index contributed by atoms with van der Waals surface area (Å²) >= 11 is 0. The van der Waals surface area contributed by atoms with Crippen molar-refractivity contribution >= 4 is 15.8 Å². The molecule has 1 aliphatic carbocycles. The predicted octanol–water partition coefficient (Wildman–Crippen LogP) is 1.03. The first kappa shape index (κ1) is 15.2. The Morgan fingerprint density at radius 1 is 1.25 bits per heavy atom. The predicted molar refractivity (Wildman–Crippen MR) is 76.5 cm³/mol. The third kappa shape index (κ3) is 3.91. The number of aromatic nitrogens is 1. The highest BCUT2D eigenvalue weighted by Gasteiger charge is 2.29. The van der Waals surface area contributed by atoms with Gasteiger partial charge in [0.15, 0.2) is 0 Å². The van der Waals surface area contributed by atoms with Crippen molar-refractivity contribution in [1.29, 1.82) is 0 Å². The van der Waals surface area contributed by atoms with Crippen LogP contribution in [-0.4, -0.2) is 30.7 Å². The number of nitrogen functional groups attached to an aromatic ring is 1. The van der Waals surface area contributed by atoms with Crippen LogP contribution in [0.3, 0.4) is 0 Å². The van der Waals surface area contributed by atoms with E-state index in [0.29, 0.717) is 12.8 Å². The molecular formula is C13H21N3O3S. The van der Waals surface area contributed by atoms with Crippen LogP contribution in [0.25, 0.3) is 0 Å². The maximum Gasteiger partial charge on any atom is 0.242 e. The summed E-state index contributed by atoms with van der Waals surface area (Å²) in [7, 11) is -3.65. The second-order valence-corrected chi connectivity index (χ2v) is 7.15. The van der Waals surface area contributed by atoms with Gasteiger partial charge in [-0.05, 0) is 25.0 Å². The first-order valence-electron chi connectivity index (χ1n) is 6.85. The van der Waals surface area contributed by atoms with Crippen LogP contribution in [-0.2, 0) is 10.0 Å². The first-order chi connectivity index (χ1) is 9.41. The van der Waals surface area contributed by atoms with Gasteiger partial charge in [0.05, 0.1) is 5.60 Å². The lowest BCUT2D eigenvalue weighted by molar-refractivity contribution is 0.0303. The highest BCUT2D eigenvalue weighted by Crippen LogP contribution is 2.26. The second-order valence-electron chi connectivity index (χ2n) is 5.38. The van der Waals surface area contributed by atoms with Crippen molar-refractivity contribution < 1.29 is 13.5 Å². The molecule has 0 radical (unpaired) electrons. The van der Waals surface area contributed by atoms with E-state index in [9.17, 15) is 13.5 Å². The molecule has 1 heterocycles. The van der Waals surface area contributed by atoms with Crippen LogP contribution in [0.2, 0.25) is 0 Å². The van der Waals surface area contributed by atoms with Gasteiger partial charge in [-0.25, -0.2) is 18.1 Å². The largest absolute Gasteiger partial charge is 0.389 e. The Balaban J connectivity index is 2.03. The Morgan fingerprint density at radius 3 is 2.45 bits per heavy atom. The molecule has 20 heavy (non-hydrogen) atoms. The van der Waals surface area contributed by atoms with Crippen LogP contribution in [0.4, 0.5) is 5.82 Å². The fourth-order valence-electron chi connectivity index (χ4n) is 2.43. The quantitative estimate of drug-likeness (QED) is 0.720. The van der Waals surface area contributed by atoms with Crippen LogP contribution in [0, 0.1) is 0 Å². The molecule has 0 bridgehead atoms. The van der Waals surface area contributed by atoms with Crippen LogP contribution in [0.5, 0.6) is 0 Å². The van der Waals surface area contributed by atoms with Gasteiger partial charge in [0.25, 0.3) is 0 Å². The molecule has 7 heteroatoms. The van der Waals surface area contributed by atoms with Crippen LogP contribution in [0.15, 0.2) is 23.2 Å². The zero-order chi connectivity index (χ0) is 14.6. The number of hydrogen-bond donors (Lipinski definition) is 3. The Labute approximate surface area is 119 Å². The molecule has 1 aromatic heterocycles. The average molecular weight is 299 g/mol. The number of nitrogens with two attached hydrogens (primary N) is 1. The molecule has 0 aromatic carbocycles. The molecule has 1 saturated carbocycles. The van der Waals surface area contributed by atoms with Gasteiger partial charge in [-0.3, -0.25) is 0 Å². The molecule has 0 aliphatic heterocycles. The third-order valence-electron chi connectivity index (χ3n) is 3.70. The maximum absolute atomic E-state index is 12.1. The molecule has 0 saturated heterocycles. The van der Waals surface area contributed by atoms with E-state index in [1.807, 2.05) is 0 Å². The summed E-state index contributed by atoms with van der Waals surface area (Å²) in [5.41, 5.74) is 4.49. The SMILES string of the molecule is Nc1ccc(S(=O)(=O)NCC2(O)CCCCCC2)cn1. The van der Waals surface area contributed by atoms with Gasteiger partial charge in [0.2, 0.25) is 10.0 Å². The average Bonchev–Trinajstić information content (AvgIpc) is 2.63. The highest BCUT2D eigenvalue weighted by molar-refractivity contribution is 7.89. The Hall–Kier alpha value is -1.18. The molecule has 112 valence electrons. The van der Waals surface area contributed by atoms with E-state index < -0.39 is 15.6 Å². The van der Waals surface area contributed by atoms with Crippen molar-refractivity contribution in [2.45, 2.75) is 49.0 Å². The molecule has 0 atom stereocenters. The minimum absolute atomic E-state index is 0.0414. The summed E-state index contributed by atoms with van der Waals surface area (Å²) in [4.78, 5) is 3.83. The fourth-order valence-corrected chi connectivity index (χ4v) is 3.49. The lowest BCUT2D eigenvalue weighted by Crippen LogP contribution is -2.42. The normalized spacial score (nSPS) is 19.4. The van der Waals surface area contributed by atoms with E-state index in [-0.39, 0.29) is 17.3 Å². The van der Waals surface area contributed by atoms with E-state index >= 15 is 0 Å². The third-order valence-corrected chi connectivity index (χ3v) is 5.08. The Morgan fingerprint density at radius 2 is 1.90 bits per heavy atom. The van der Waals surface area contributed by atoms with E-state index in [1.54, 1.807) is 0 Å². The molecule has 6 nitrogen and oxygen atoms in total. The number of sulfonamides is 1. The minimum atomic E-state index is -3.65. The summed E-state index contributed by atoms with van der Waals surface area (Å²) < 4.78 is 26.7. The molecule has 1 fully saturated rings. The van der Waals surface area contributed by atoms with Crippen molar-refractivity contribution in [2.24, 2.45) is 0 Å². The molecule has 0 unspecified atom stereocenters. The van der Waals surface area contributed by atoms with Crippen molar-refractivity contribution in [3.05, 3.63) is 18.3 Å². The summed E-state index contributed by atoms with van der Waals surface area (Å²) in [6.45, 7) is 0.0414. The monoisotopic (exact) mass is 299 g/mol. The van der Waals surface area contributed by atoms with Crippen LogP contribution < -0.4 is 10.5 Å². The zero-order valence-corrected chi connectivity index (χ0v) is 12.2. The molecule has 2 rings (SSSR count). The van der Waals surface area contributed by atoms with E-state index in [0.717, 1.165) is 25.7 Å². The highest BCUT2D eigenvalue weighted by atomic mass is 32.2. The molecule has 1 aromatic rings. The van der Waals surface area contributed by atoms with Gasteiger partial charge >= 0.3 is 0 Å². The second kappa shape index (κ2) is 6.07. The van der Waals surface area contributed by atoms with Gasteiger partial charge in [0, 0.05) is 12.7 Å². The Kier molecular flexibility index (Phi) is 4.62. The first-order valence-corrected chi connectivity index (χ1v) is 8.33. The van der Waals surface area contributed by atoms with Crippen LogP contribution >= 0.6 is 0 Å². The lowest BCUT2D eigenvalue weighted by atomic mass is 9.95. The van der Waals surface area contributed by atoms with E-state index in [1.165, 1.54) is 18.3 Å². The standard InChI is InChI=1S/C13H21N3O3S/c14-12-6-5-11(9-15-12)20(18,19)16-10-13(17)7-3-1-2-4-8-13/h5-6,9,16-17H,1-4,7-8,10H2,(H2,14,15). The number of rotatable bonds is 4. The number of nitrogens with one attached hydrogen (secondary N) is 1. The zero-order valence-electron chi connectivity index (χ0n) is 11.4. The molecular weight excluding hydrogens is 278 g/mol. The molecule has 0 amide bonds. The van der Waals surface area contributed by atoms with Crippen molar-refractivity contribution in [1.82, 2.24) is 9.71 Å². The molecule has 0 spiro atoms. The van der Waals surface area contributed by atoms with Gasteiger partial charge in [0.1, 0.15) is 10.7 Å². The maximum atomic E-state index is 12.1. The molecule has 1 aliphatic rings. The van der Waals surface area contributed by atoms with Crippen LogP contribution in [0.1, 0.15) is 38.5 Å². The minimum Gasteiger partial charge on any atom is -0.389 e. The number of aliphatic hydroxyl groups is 1.